The maximum Gasteiger partial charge on any atom is 0.345 e. The van der Waals surface area contributed by atoms with Gasteiger partial charge in [0.2, 0.25) is 0 Å². The van der Waals surface area contributed by atoms with Crippen molar-refractivity contribution in [3.63, 3.8) is 0 Å². The Hall–Kier alpha value is -3.09. The molecule has 0 radical (unpaired) electrons. The summed E-state index contributed by atoms with van der Waals surface area (Å²) in [7, 11) is 1.51. The Labute approximate surface area is 145 Å². The van der Waals surface area contributed by atoms with Gasteiger partial charge in [0.15, 0.2) is 11.5 Å². The highest BCUT2D eigenvalue weighted by molar-refractivity contribution is 5.94. The van der Waals surface area contributed by atoms with Gasteiger partial charge in [0.05, 0.1) is 18.1 Å². The van der Waals surface area contributed by atoms with E-state index >= 15 is 0 Å². The summed E-state index contributed by atoms with van der Waals surface area (Å²) in [5.41, 5.74) is 0.0310. The highest BCUT2D eigenvalue weighted by Crippen LogP contribution is 2.35. The lowest BCUT2D eigenvalue weighted by molar-refractivity contribution is -0.385. The molecule has 0 amide bonds. The summed E-state index contributed by atoms with van der Waals surface area (Å²) in [6, 6.07) is 9.61. The van der Waals surface area contributed by atoms with E-state index in [1.165, 1.54) is 19.2 Å². The van der Waals surface area contributed by atoms with Gasteiger partial charge in [-0.2, -0.15) is 0 Å². The molecule has 0 spiro atoms. The number of nitrogens with zero attached hydrogens (tertiary/aromatic N) is 1. The van der Waals surface area contributed by atoms with Crippen LogP contribution in [0.3, 0.4) is 0 Å². The highest BCUT2D eigenvalue weighted by atomic mass is 16.6. The number of rotatable bonds is 6. The Morgan fingerprint density at radius 2 is 1.76 bits per heavy atom. The predicted octanol–water partition coefficient (Wildman–Crippen LogP) is 4.27. The lowest BCUT2D eigenvalue weighted by Gasteiger charge is -2.14. The Bertz CT molecular complexity index is 800. The van der Waals surface area contributed by atoms with Gasteiger partial charge in [0.1, 0.15) is 11.3 Å². The summed E-state index contributed by atoms with van der Waals surface area (Å²) in [5.74, 6) is 0.481. The van der Waals surface area contributed by atoms with Crippen LogP contribution in [0.1, 0.15) is 29.8 Å². The third-order valence-electron chi connectivity index (χ3n) is 3.34. The average molecular weight is 345 g/mol. The Morgan fingerprint density at radius 1 is 1.12 bits per heavy atom. The second-order valence-corrected chi connectivity index (χ2v) is 5.60. The lowest BCUT2D eigenvalue weighted by atomic mass is 10.1. The molecule has 0 atom stereocenters. The van der Waals surface area contributed by atoms with E-state index in [1.807, 2.05) is 0 Å². The van der Waals surface area contributed by atoms with Crippen LogP contribution in [0, 0.1) is 17.0 Å². The maximum absolute atomic E-state index is 12.2. The maximum atomic E-state index is 12.2. The molecule has 132 valence electrons. The SMILES string of the molecule is COc1ccccc1Oc1cc(C(=O)OC(C)C)c([N+](=O)[O-])cc1C. The number of nitro groups is 1. The van der Waals surface area contributed by atoms with E-state index in [-0.39, 0.29) is 11.3 Å². The number of methoxy groups -OCH3 is 1. The van der Waals surface area contributed by atoms with E-state index < -0.39 is 17.0 Å². The van der Waals surface area contributed by atoms with E-state index in [1.54, 1.807) is 45.0 Å². The first-order valence-corrected chi connectivity index (χ1v) is 7.64. The average Bonchev–Trinajstić information content (AvgIpc) is 2.55. The minimum atomic E-state index is -0.772. The standard InChI is InChI=1S/C18H19NO6/c1-11(2)24-18(20)13-10-17(12(3)9-14(13)19(21)22)25-16-8-6-5-7-15(16)23-4/h5-11H,1-4H3. The molecule has 0 saturated heterocycles. The number of carbonyl (C=O) groups excluding carboxylic acids is 1. The van der Waals surface area contributed by atoms with Crippen molar-refractivity contribution in [2.45, 2.75) is 26.9 Å². The van der Waals surface area contributed by atoms with Crippen molar-refractivity contribution in [2.24, 2.45) is 0 Å². The largest absolute Gasteiger partial charge is 0.493 e. The van der Waals surface area contributed by atoms with Crippen LogP contribution in [0.15, 0.2) is 36.4 Å². The number of hydrogen-bond acceptors (Lipinski definition) is 6. The molecule has 0 aliphatic carbocycles. The van der Waals surface area contributed by atoms with E-state index in [9.17, 15) is 14.9 Å². The molecule has 0 N–H and O–H groups in total. The number of hydrogen-bond donors (Lipinski definition) is 0. The summed E-state index contributed by atoms with van der Waals surface area (Å²) in [5, 5.41) is 11.3. The van der Waals surface area contributed by atoms with Crippen LogP contribution in [0.25, 0.3) is 0 Å². The van der Waals surface area contributed by atoms with Crippen molar-refractivity contribution in [3.8, 4) is 17.2 Å². The third kappa shape index (κ3) is 4.26. The molecule has 0 aliphatic heterocycles. The third-order valence-corrected chi connectivity index (χ3v) is 3.34. The minimum Gasteiger partial charge on any atom is -0.493 e. The lowest BCUT2D eigenvalue weighted by Crippen LogP contribution is -2.13. The fourth-order valence-electron chi connectivity index (χ4n) is 2.20. The van der Waals surface area contributed by atoms with Crippen molar-refractivity contribution >= 4 is 11.7 Å². The highest BCUT2D eigenvalue weighted by Gasteiger charge is 2.25. The number of para-hydroxylation sites is 2. The molecule has 0 unspecified atom stereocenters. The zero-order chi connectivity index (χ0) is 18.6. The molecule has 0 heterocycles. The van der Waals surface area contributed by atoms with Crippen molar-refractivity contribution in [2.75, 3.05) is 7.11 Å². The number of benzene rings is 2. The van der Waals surface area contributed by atoms with Gasteiger partial charge in [0, 0.05) is 12.1 Å². The predicted molar refractivity (Wildman–Crippen MR) is 91.5 cm³/mol. The van der Waals surface area contributed by atoms with Crippen molar-refractivity contribution in [1.29, 1.82) is 0 Å². The van der Waals surface area contributed by atoms with Gasteiger partial charge in [0.25, 0.3) is 5.69 Å². The summed E-state index contributed by atoms with van der Waals surface area (Å²) >= 11 is 0. The van der Waals surface area contributed by atoms with Gasteiger partial charge < -0.3 is 14.2 Å². The van der Waals surface area contributed by atoms with E-state index in [4.69, 9.17) is 14.2 Å². The van der Waals surface area contributed by atoms with Crippen LogP contribution in [0.5, 0.6) is 17.2 Å². The smallest absolute Gasteiger partial charge is 0.345 e. The van der Waals surface area contributed by atoms with E-state index in [2.05, 4.69) is 0 Å². The van der Waals surface area contributed by atoms with Crippen LogP contribution in [0.2, 0.25) is 0 Å². The monoisotopic (exact) mass is 345 g/mol. The molecule has 0 bridgehead atoms. The van der Waals surface area contributed by atoms with Gasteiger partial charge in [-0.15, -0.1) is 0 Å². The number of aryl methyl sites for hydroxylation is 1. The minimum absolute atomic E-state index is 0.158. The van der Waals surface area contributed by atoms with Crippen LogP contribution < -0.4 is 9.47 Å². The van der Waals surface area contributed by atoms with Crippen molar-refractivity contribution in [3.05, 3.63) is 57.6 Å². The van der Waals surface area contributed by atoms with E-state index in [0.29, 0.717) is 22.8 Å². The van der Waals surface area contributed by atoms with Crippen LogP contribution in [-0.4, -0.2) is 24.1 Å². The summed E-state index contributed by atoms with van der Waals surface area (Å²) in [4.78, 5) is 22.9. The molecule has 7 heteroatoms. The Balaban J connectivity index is 2.48. The molecule has 0 fully saturated rings. The van der Waals surface area contributed by atoms with Crippen LogP contribution in [0.4, 0.5) is 5.69 Å². The second-order valence-electron chi connectivity index (χ2n) is 5.60. The van der Waals surface area contributed by atoms with Crippen molar-refractivity contribution < 1.29 is 23.9 Å². The van der Waals surface area contributed by atoms with Gasteiger partial charge in [-0.1, -0.05) is 12.1 Å². The second kappa shape index (κ2) is 7.65. The summed E-state index contributed by atoms with van der Waals surface area (Å²) < 4.78 is 16.1. The fraction of sp³-hybridized carbons (Fsp3) is 0.278. The normalized spacial score (nSPS) is 10.4. The molecular weight excluding hydrogens is 326 g/mol. The van der Waals surface area contributed by atoms with Gasteiger partial charge in [-0.05, 0) is 38.5 Å². The zero-order valence-corrected chi connectivity index (χ0v) is 14.4. The number of carbonyl (C=O) groups is 1. The van der Waals surface area contributed by atoms with Gasteiger partial charge in [-0.3, -0.25) is 10.1 Å². The number of ether oxygens (including phenoxy) is 3. The van der Waals surface area contributed by atoms with E-state index in [0.717, 1.165) is 0 Å². The molecule has 0 aromatic heterocycles. The van der Waals surface area contributed by atoms with Crippen LogP contribution in [-0.2, 0) is 4.74 Å². The number of nitro benzene ring substituents is 1. The zero-order valence-electron chi connectivity index (χ0n) is 14.4. The van der Waals surface area contributed by atoms with Gasteiger partial charge in [-0.25, -0.2) is 4.79 Å². The Morgan fingerprint density at radius 3 is 2.32 bits per heavy atom. The summed E-state index contributed by atoms with van der Waals surface area (Å²) in [6.45, 7) is 5.00. The molecule has 2 aromatic rings. The Kier molecular flexibility index (Phi) is 5.59. The molecule has 25 heavy (non-hydrogen) atoms. The molecule has 0 saturated carbocycles. The fourth-order valence-corrected chi connectivity index (χ4v) is 2.20. The first-order chi connectivity index (χ1) is 11.8. The van der Waals surface area contributed by atoms with Crippen LogP contribution >= 0.6 is 0 Å². The number of esters is 1. The molecule has 7 nitrogen and oxygen atoms in total. The molecule has 0 aliphatic rings. The first kappa shape index (κ1) is 18.3. The topological polar surface area (TPSA) is 87.9 Å². The molecule has 2 aromatic carbocycles. The molecule has 2 rings (SSSR count). The summed E-state index contributed by atoms with van der Waals surface area (Å²) in [6.07, 6.45) is -0.396. The van der Waals surface area contributed by atoms with Gasteiger partial charge >= 0.3 is 5.97 Å². The molecular formula is C18H19NO6. The van der Waals surface area contributed by atoms with Crippen molar-refractivity contribution in [1.82, 2.24) is 0 Å². The first-order valence-electron chi connectivity index (χ1n) is 7.64. The quantitative estimate of drug-likeness (QED) is 0.441.